The number of halogens is 5. The van der Waals surface area contributed by atoms with E-state index in [1.807, 2.05) is 0 Å². The van der Waals surface area contributed by atoms with Crippen LogP contribution in [0.3, 0.4) is 0 Å². The maximum Gasteiger partial charge on any atom is 0.416 e. The van der Waals surface area contributed by atoms with Crippen LogP contribution in [0.2, 0.25) is 10.0 Å². The van der Waals surface area contributed by atoms with Crippen LogP contribution in [-0.2, 0) is 15.8 Å². The SMILES string of the molecule is CC(=O)ON=Cc1cc(Oc2ccc(C(F)(F)F)cc2Cl)ccc1Cl. The Hall–Kier alpha value is -2.25. The molecular formula is C16H10Cl2F3NO3. The van der Waals surface area contributed by atoms with Gasteiger partial charge in [0.1, 0.15) is 11.5 Å². The lowest BCUT2D eigenvalue weighted by Gasteiger charge is -2.11. The van der Waals surface area contributed by atoms with Gasteiger partial charge in [0.2, 0.25) is 0 Å². The molecule has 0 aliphatic rings. The van der Waals surface area contributed by atoms with Crippen LogP contribution >= 0.6 is 23.2 Å². The van der Waals surface area contributed by atoms with Crippen molar-refractivity contribution >= 4 is 35.4 Å². The molecule has 0 N–H and O–H groups in total. The summed E-state index contributed by atoms with van der Waals surface area (Å²) in [6.45, 7) is 1.19. The molecule has 0 saturated heterocycles. The average molecular weight is 392 g/mol. The number of carbonyl (C=O) groups is 1. The summed E-state index contributed by atoms with van der Waals surface area (Å²) in [5.41, 5.74) is -0.501. The smallest absolute Gasteiger partial charge is 0.416 e. The number of carbonyl (C=O) groups excluding carboxylic acids is 1. The molecule has 2 aromatic carbocycles. The van der Waals surface area contributed by atoms with E-state index < -0.39 is 17.7 Å². The molecule has 0 aromatic heterocycles. The second-order valence-electron chi connectivity index (χ2n) is 4.75. The van der Waals surface area contributed by atoms with Gasteiger partial charge in [-0.2, -0.15) is 13.2 Å². The van der Waals surface area contributed by atoms with Crippen molar-refractivity contribution in [3.05, 3.63) is 57.6 Å². The summed E-state index contributed by atoms with van der Waals surface area (Å²) in [5, 5.41) is 3.55. The Morgan fingerprint density at radius 2 is 1.84 bits per heavy atom. The number of alkyl halides is 3. The lowest BCUT2D eigenvalue weighted by atomic mass is 10.2. The zero-order chi connectivity index (χ0) is 18.6. The van der Waals surface area contributed by atoms with Crippen LogP contribution < -0.4 is 4.74 Å². The number of hydrogen-bond acceptors (Lipinski definition) is 4. The van der Waals surface area contributed by atoms with E-state index in [0.29, 0.717) is 10.6 Å². The molecule has 0 radical (unpaired) electrons. The highest BCUT2D eigenvalue weighted by atomic mass is 35.5. The number of hydrogen-bond donors (Lipinski definition) is 0. The van der Waals surface area contributed by atoms with Gasteiger partial charge in [0.15, 0.2) is 0 Å². The molecule has 0 amide bonds. The van der Waals surface area contributed by atoms with E-state index in [0.717, 1.165) is 18.2 Å². The van der Waals surface area contributed by atoms with Crippen LogP contribution in [0.5, 0.6) is 11.5 Å². The Balaban J connectivity index is 2.23. The van der Waals surface area contributed by atoms with Crippen molar-refractivity contribution in [2.45, 2.75) is 13.1 Å². The lowest BCUT2D eigenvalue weighted by molar-refractivity contribution is -0.141. The monoisotopic (exact) mass is 391 g/mol. The van der Waals surface area contributed by atoms with Crippen LogP contribution in [0.1, 0.15) is 18.1 Å². The van der Waals surface area contributed by atoms with E-state index in [4.69, 9.17) is 27.9 Å². The van der Waals surface area contributed by atoms with Crippen LogP contribution in [0, 0.1) is 0 Å². The first-order valence-corrected chi connectivity index (χ1v) is 7.47. The molecule has 0 aliphatic heterocycles. The van der Waals surface area contributed by atoms with Gasteiger partial charge < -0.3 is 9.57 Å². The van der Waals surface area contributed by atoms with Crippen LogP contribution in [0.4, 0.5) is 13.2 Å². The molecule has 0 aliphatic carbocycles. The van der Waals surface area contributed by atoms with E-state index >= 15 is 0 Å². The van der Waals surface area contributed by atoms with E-state index in [1.54, 1.807) is 0 Å². The van der Waals surface area contributed by atoms with Gasteiger partial charge in [-0.1, -0.05) is 28.4 Å². The zero-order valence-corrected chi connectivity index (χ0v) is 14.1. The van der Waals surface area contributed by atoms with Gasteiger partial charge in [-0.15, -0.1) is 0 Å². The topological polar surface area (TPSA) is 47.9 Å². The Bertz CT molecular complexity index is 823. The second kappa shape index (κ2) is 7.76. The van der Waals surface area contributed by atoms with Gasteiger partial charge in [-0.25, -0.2) is 4.79 Å². The Morgan fingerprint density at radius 1 is 1.12 bits per heavy atom. The quantitative estimate of drug-likeness (QED) is 0.381. The lowest BCUT2D eigenvalue weighted by Crippen LogP contribution is -2.04. The van der Waals surface area contributed by atoms with Crippen LogP contribution in [0.25, 0.3) is 0 Å². The standard InChI is InChI=1S/C16H10Cl2F3NO3/c1-9(23)25-22-8-10-6-12(3-4-13(10)17)24-15-5-2-11(7-14(15)18)16(19,20)21/h2-8H,1H3. The molecule has 0 heterocycles. The van der Waals surface area contributed by atoms with E-state index in [1.165, 1.54) is 31.3 Å². The van der Waals surface area contributed by atoms with Crippen LogP contribution in [0.15, 0.2) is 41.6 Å². The van der Waals surface area contributed by atoms with E-state index in [-0.39, 0.29) is 16.5 Å². The molecule has 25 heavy (non-hydrogen) atoms. The van der Waals surface area contributed by atoms with Gasteiger partial charge in [-0.3, -0.25) is 0 Å². The van der Waals surface area contributed by atoms with Gasteiger partial charge in [0, 0.05) is 17.5 Å². The molecule has 4 nitrogen and oxygen atoms in total. The number of oxime groups is 1. The molecule has 2 aromatic rings. The third-order valence-corrected chi connectivity index (χ3v) is 3.47. The zero-order valence-electron chi connectivity index (χ0n) is 12.6. The summed E-state index contributed by atoms with van der Waals surface area (Å²) >= 11 is 11.8. The summed E-state index contributed by atoms with van der Waals surface area (Å²) in [4.78, 5) is 15.1. The Morgan fingerprint density at radius 3 is 2.44 bits per heavy atom. The number of nitrogens with zero attached hydrogens (tertiary/aromatic N) is 1. The third-order valence-electron chi connectivity index (χ3n) is 2.83. The minimum absolute atomic E-state index is 0.0415. The fourth-order valence-corrected chi connectivity index (χ4v) is 2.11. The second-order valence-corrected chi connectivity index (χ2v) is 5.56. The van der Waals surface area contributed by atoms with Gasteiger partial charge >= 0.3 is 12.1 Å². The predicted octanol–water partition coefficient (Wildman–Crippen LogP) is 5.70. The van der Waals surface area contributed by atoms with Gasteiger partial charge in [0.05, 0.1) is 16.8 Å². The molecule has 0 spiro atoms. The number of rotatable bonds is 4. The molecule has 9 heteroatoms. The molecular weight excluding hydrogens is 382 g/mol. The van der Waals surface area contributed by atoms with E-state index in [9.17, 15) is 18.0 Å². The van der Waals surface area contributed by atoms with E-state index in [2.05, 4.69) is 9.99 Å². The number of ether oxygens (including phenoxy) is 1. The molecule has 0 unspecified atom stereocenters. The van der Waals surface area contributed by atoms with Crippen molar-refractivity contribution < 1.29 is 27.5 Å². The fourth-order valence-electron chi connectivity index (χ4n) is 1.73. The highest BCUT2D eigenvalue weighted by Crippen LogP contribution is 2.36. The summed E-state index contributed by atoms with van der Waals surface area (Å²) in [5.74, 6) is -0.300. The van der Waals surface area contributed by atoms with Crippen molar-refractivity contribution in [2.75, 3.05) is 0 Å². The third kappa shape index (κ3) is 5.37. The highest BCUT2D eigenvalue weighted by Gasteiger charge is 2.31. The molecule has 0 fully saturated rings. The summed E-state index contributed by atoms with van der Waals surface area (Å²) in [7, 11) is 0. The van der Waals surface area contributed by atoms with Gasteiger partial charge in [0.25, 0.3) is 0 Å². The molecule has 2 rings (SSSR count). The van der Waals surface area contributed by atoms with Crippen molar-refractivity contribution in [2.24, 2.45) is 5.16 Å². The summed E-state index contributed by atoms with van der Waals surface area (Å²) in [6, 6.07) is 7.20. The Kier molecular flexibility index (Phi) is 5.92. The first-order chi connectivity index (χ1) is 11.7. The first kappa shape index (κ1) is 19.1. The highest BCUT2D eigenvalue weighted by molar-refractivity contribution is 6.33. The maximum absolute atomic E-state index is 12.6. The van der Waals surface area contributed by atoms with Crippen molar-refractivity contribution in [3.8, 4) is 11.5 Å². The normalized spacial score (nSPS) is 11.6. The molecule has 0 atom stereocenters. The molecule has 132 valence electrons. The predicted molar refractivity (Wildman–Crippen MR) is 87.3 cm³/mol. The molecule has 0 saturated carbocycles. The average Bonchev–Trinajstić information content (AvgIpc) is 2.51. The van der Waals surface area contributed by atoms with Crippen molar-refractivity contribution in [1.29, 1.82) is 0 Å². The first-order valence-electron chi connectivity index (χ1n) is 6.72. The van der Waals surface area contributed by atoms with Crippen molar-refractivity contribution in [1.82, 2.24) is 0 Å². The van der Waals surface area contributed by atoms with Crippen LogP contribution in [-0.4, -0.2) is 12.2 Å². The van der Waals surface area contributed by atoms with Crippen molar-refractivity contribution in [3.63, 3.8) is 0 Å². The summed E-state index contributed by atoms with van der Waals surface area (Å²) < 4.78 is 43.4. The van der Waals surface area contributed by atoms with Gasteiger partial charge in [-0.05, 0) is 36.4 Å². The largest absolute Gasteiger partial charge is 0.456 e. The fraction of sp³-hybridized carbons (Fsp3) is 0.125. The maximum atomic E-state index is 12.6. The Labute approximate surface area is 150 Å². The minimum Gasteiger partial charge on any atom is -0.456 e. The summed E-state index contributed by atoms with van der Waals surface area (Å²) in [6.07, 6.45) is -3.30. The minimum atomic E-state index is -4.50. The molecule has 0 bridgehead atoms. The number of benzene rings is 2.